The highest BCUT2D eigenvalue weighted by Gasteiger charge is 2.32. The minimum absolute atomic E-state index is 0.0371. The van der Waals surface area contributed by atoms with Gasteiger partial charge in [0.15, 0.2) is 0 Å². The summed E-state index contributed by atoms with van der Waals surface area (Å²) < 4.78 is 76.0. The first-order valence-electron chi connectivity index (χ1n) is 8.87. The van der Waals surface area contributed by atoms with Gasteiger partial charge in [-0.2, -0.15) is 0 Å². The van der Waals surface area contributed by atoms with Crippen LogP contribution in [0.25, 0.3) is 11.3 Å². The van der Waals surface area contributed by atoms with Crippen LogP contribution in [0.2, 0.25) is 0 Å². The minimum atomic E-state index is -2.89. The molecule has 2 aromatic rings. The lowest BCUT2D eigenvalue weighted by Gasteiger charge is -2.34. The molecule has 0 fully saturated rings. The Balaban J connectivity index is 2.32. The number of benzene rings is 2. The highest BCUT2D eigenvalue weighted by Crippen LogP contribution is 2.42. The van der Waals surface area contributed by atoms with Crippen molar-refractivity contribution in [1.82, 2.24) is 4.90 Å². The molecule has 0 N–H and O–H groups in total. The maximum Gasteiger partial charge on any atom is 0.256 e. The fourth-order valence-electron chi connectivity index (χ4n) is 3.16. The highest BCUT2D eigenvalue weighted by molar-refractivity contribution is 5.97. The number of rotatable bonds is 6. The van der Waals surface area contributed by atoms with Crippen molar-refractivity contribution in [2.75, 3.05) is 13.2 Å². The molecule has 0 atom stereocenters. The van der Waals surface area contributed by atoms with Crippen LogP contribution in [-0.4, -0.2) is 24.5 Å². The smallest absolute Gasteiger partial charge is 0.256 e. The van der Waals surface area contributed by atoms with Crippen LogP contribution in [0.1, 0.15) is 18.1 Å². The van der Waals surface area contributed by atoms with E-state index in [9.17, 15) is 22.0 Å². The standard InChI is InChI=1S/C22H18F5NO/c1-3-29-15-9-18(24)21(19(25)10-15)22-16(14-7-5-4-6-8-14)11-17(23)13(2)28(22)12-20(26)27/h4-11,20H,2-3,12H2,1H3. The zero-order valence-corrected chi connectivity index (χ0v) is 15.6. The summed E-state index contributed by atoms with van der Waals surface area (Å²) in [5.74, 6) is -2.93. The summed E-state index contributed by atoms with van der Waals surface area (Å²) in [4.78, 5) is 0.810. The fourth-order valence-corrected chi connectivity index (χ4v) is 3.16. The molecule has 0 bridgehead atoms. The van der Waals surface area contributed by atoms with Crippen molar-refractivity contribution in [1.29, 1.82) is 0 Å². The van der Waals surface area contributed by atoms with Crippen LogP contribution in [0, 0.1) is 11.6 Å². The Hall–Kier alpha value is -3.09. The van der Waals surface area contributed by atoms with Crippen LogP contribution in [0.3, 0.4) is 0 Å². The van der Waals surface area contributed by atoms with E-state index in [0.29, 0.717) is 5.56 Å². The van der Waals surface area contributed by atoms with E-state index in [2.05, 4.69) is 6.58 Å². The summed E-state index contributed by atoms with van der Waals surface area (Å²) in [5, 5.41) is 0. The van der Waals surface area contributed by atoms with E-state index in [1.54, 1.807) is 37.3 Å². The molecule has 1 heterocycles. The van der Waals surface area contributed by atoms with Crippen molar-refractivity contribution >= 4 is 11.3 Å². The normalized spacial score (nSPS) is 14.5. The van der Waals surface area contributed by atoms with E-state index in [1.165, 1.54) is 0 Å². The lowest BCUT2D eigenvalue weighted by atomic mass is 9.93. The largest absolute Gasteiger partial charge is 0.494 e. The van der Waals surface area contributed by atoms with Crippen LogP contribution >= 0.6 is 0 Å². The quantitative estimate of drug-likeness (QED) is 0.530. The van der Waals surface area contributed by atoms with E-state index in [0.717, 1.165) is 23.1 Å². The number of nitrogens with zero attached hydrogens (tertiary/aromatic N) is 1. The van der Waals surface area contributed by atoms with Gasteiger partial charge in [-0.05, 0) is 18.6 Å². The molecule has 0 saturated heterocycles. The van der Waals surface area contributed by atoms with Crippen molar-refractivity contribution < 1.29 is 26.7 Å². The summed E-state index contributed by atoms with van der Waals surface area (Å²) >= 11 is 0. The number of alkyl halides is 2. The molecule has 0 aromatic heterocycles. The van der Waals surface area contributed by atoms with Gasteiger partial charge < -0.3 is 9.64 Å². The van der Waals surface area contributed by atoms with Crippen molar-refractivity contribution in [2.24, 2.45) is 0 Å². The molecule has 7 heteroatoms. The summed E-state index contributed by atoms with van der Waals surface area (Å²) in [6, 6.07) is 10.1. The fraction of sp³-hybridized carbons (Fsp3) is 0.182. The number of halogens is 5. The molecule has 0 aliphatic carbocycles. The monoisotopic (exact) mass is 407 g/mol. The third-order valence-corrected chi connectivity index (χ3v) is 4.37. The second-order valence-electron chi connectivity index (χ2n) is 6.26. The molecule has 29 heavy (non-hydrogen) atoms. The summed E-state index contributed by atoms with van der Waals surface area (Å²) in [5.41, 5.74) is -0.693. The van der Waals surface area contributed by atoms with Gasteiger partial charge in [0.25, 0.3) is 6.43 Å². The van der Waals surface area contributed by atoms with Gasteiger partial charge in [0.2, 0.25) is 0 Å². The Morgan fingerprint density at radius 3 is 2.21 bits per heavy atom. The minimum Gasteiger partial charge on any atom is -0.494 e. The summed E-state index contributed by atoms with van der Waals surface area (Å²) in [7, 11) is 0. The molecule has 152 valence electrons. The number of hydrogen-bond donors (Lipinski definition) is 0. The molecule has 2 nitrogen and oxygen atoms in total. The first-order valence-corrected chi connectivity index (χ1v) is 8.87. The van der Waals surface area contributed by atoms with Crippen LogP contribution < -0.4 is 4.74 Å². The molecule has 1 aliphatic heterocycles. The topological polar surface area (TPSA) is 12.5 Å². The SMILES string of the molecule is C=C1C(F)=CC(c2ccccc2)=C(c2c(F)cc(OCC)cc2F)N1CC(F)F. The number of hydrogen-bond acceptors (Lipinski definition) is 2. The van der Waals surface area contributed by atoms with Gasteiger partial charge in [0.05, 0.1) is 30.1 Å². The third kappa shape index (κ3) is 4.18. The van der Waals surface area contributed by atoms with Crippen molar-refractivity contribution in [3.8, 4) is 5.75 Å². The summed E-state index contributed by atoms with van der Waals surface area (Å²) in [6.07, 6.45) is -1.84. The Labute approximate surface area is 165 Å². The Bertz CT molecular complexity index is 959. The zero-order valence-electron chi connectivity index (χ0n) is 15.6. The average Bonchev–Trinajstić information content (AvgIpc) is 2.67. The van der Waals surface area contributed by atoms with Crippen molar-refractivity contribution in [3.05, 3.63) is 89.4 Å². The lowest BCUT2D eigenvalue weighted by molar-refractivity contribution is 0.122. The van der Waals surface area contributed by atoms with Crippen molar-refractivity contribution in [3.63, 3.8) is 0 Å². The van der Waals surface area contributed by atoms with E-state index in [1.807, 2.05) is 0 Å². The van der Waals surface area contributed by atoms with Crippen LogP contribution in [-0.2, 0) is 0 Å². The third-order valence-electron chi connectivity index (χ3n) is 4.37. The van der Waals surface area contributed by atoms with Gasteiger partial charge in [0.1, 0.15) is 23.2 Å². The maximum absolute atomic E-state index is 14.9. The average molecular weight is 407 g/mol. The Morgan fingerprint density at radius 1 is 1.03 bits per heavy atom. The highest BCUT2D eigenvalue weighted by atomic mass is 19.3. The van der Waals surface area contributed by atoms with Crippen LogP contribution in [0.5, 0.6) is 5.75 Å². The molecule has 0 unspecified atom stereocenters. The van der Waals surface area contributed by atoms with Gasteiger partial charge in [0, 0.05) is 17.7 Å². The predicted molar refractivity (Wildman–Crippen MR) is 102 cm³/mol. The van der Waals surface area contributed by atoms with Gasteiger partial charge in [-0.25, -0.2) is 22.0 Å². The zero-order chi connectivity index (χ0) is 21.1. The second-order valence-corrected chi connectivity index (χ2v) is 6.26. The van der Waals surface area contributed by atoms with Gasteiger partial charge in [-0.3, -0.25) is 0 Å². The van der Waals surface area contributed by atoms with E-state index >= 15 is 0 Å². The number of allylic oxidation sites excluding steroid dienone is 3. The molecular formula is C22H18F5NO. The van der Waals surface area contributed by atoms with E-state index < -0.39 is 41.7 Å². The van der Waals surface area contributed by atoms with E-state index in [4.69, 9.17) is 4.74 Å². The maximum atomic E-state index is 14.9. The predicted octanol–water partition coefficient (Wildman–Crippen LogP) is 6.18. The second kappa shape index (κ2) is 8.51. The molecule has 0 saturated carbocycles. The van der Waals surface area contributed by atoms with Gasteiger partial charge in [-0.15, -0.1) is 0 Å². The molecule has 0 radical (unpaired) electrons. The Morgan fingerprint density at radius 2 is 1.66 bits per heavy atom. The molecule has 2 aromatic carbocycles. The van der Waals surface area contributed by atoms with E-state index in [-0.39, 0.29) is 23.6 Å². The first-order chi connectivity index (χ1) is 13.8. The first kappa shape index (κ1) is 20.6. The number of ether oxygens (including phenoxy) is 1. The molecular weight excluding hydrogens is 389 g/mol. The molecule has 0 amide bonds. The lowest BCUT2D eigenvalue weighted by Crippen LogP contribution is -2.30. The molecule has 0 spiro atoms. The Kier molecular flexibility index (Phi) is 6.06. The van der Waals surface area contributed by atoms with Gasteiger partial charge in [-0.1, -0.05) is 36.9 Å². The van der Waals surface area contributed by atoms with Crippen LogP contribution in [0.15, 0.2) is 66.6 Å². The van der Waals surface area contributed by atoms with Gasteiger partial charge >= 0.3 is 0 Å². The molecule has 1 aliphatic rings. The molecule has 3 rings (SSSR count). The van der Waals surface area contributed by atoms with Crippen LogP contribution in [0.4, 0.5) is 22.0 Å². The summed E-state index contributed by atoms with van der Waals surface area (Å²) in [6.45, 7) is 4.36. The van der Waals surface area contributed by atoms with Crippen molar-refractivity contribution in [2.45, 2.75) is 13.3 Å².